The molecule has 2 heterocycles. The van der Waals surface area contributed by atoms with Gasteiger partial charge in [0.1, 0.15) is 11.3 Å². The Balaban J connectivity index is 1.89. The number of amides is 1. The summed E-state index contributed by atoms with van der Waals surface area (Å²) in [4.78, 5) is 15.6. The Morgan fingerprint density at radius 2 is 2.69 bits per heavy atom. The fourth-order valence-corrected chi connectivity index (χ4v) is 2.15. The lowest BCUT2D eigenvalue weighted by Gasteiger charge is -2.25. The van der Waals surface area contributed by atoms with Crippen LogP contribution in [0.1, 0.15) is 16.9 Å². The van der Waals surface area contributed by atoms with Crippen molar-refractivity contribution >= 4 is 17.2 Å². The number of ether oxygens (including phenoxy) is 2. The summed E-state index contributed by atoms with van der Waals surface area (Å²) in [5.41, 5.74) is 1.72. The van der Waals surface area contributed by atoms with Crippen molar-refractivity contribution in [1.82, 2.24) is 10.3 Å². The lowest BCUT2D eigenvalue weighted by molar-refractivity contribution is -0.0149. The predicted molar refractivity (Wildman–Crippen MR) is 59.6 cm³/mol. The average molecular weight is 242 g/mol. The van der Waals surface area contributed by atoms with Gasteiger partial charge in [-0.25, -0.2) is 4.98 Å². The van der Waals surface area contributed by atoms with Crippen LogP contribution in [0.25, 0.3) is 0 Å². The Morgan fingerprint density at radius 1 is 1.81 bits per heavy atom. The summed E-state index contributed by atoms with van der Waals surface area (Å²) in [5, 5.41) is 4.54. The molecule has 1 N–H and O–H groups in total. The van der Waals surface area contributed by atoms with Crippen LogP contribution < -0.4 is 5.32 Å². The molecular formula is C10H14N2O3S. The number of carbonyl (C=O) groups excluding carboxylic acids is 1. The SMILES string of the molecule is COC1(CNC(=O)c2cscn2)CCOC1. The van der Waals surface area contributed by atoms with Crippen molar-refractivity contribution in [2.24, 2.45) is 0 Å². The topological polar surface area (TPSA) is 60.5 Å². The number of nitrogens with one attached hydrogen (secondary N) is 1. The van der Waals surface area contributed by atoms with Gasteiger partial charge < -0.3 is 14.8 Å². The van der Waals surface area contributed by atoms with Crippen LogP contribution in [0, 0.1) is 0 Å². The van der Waals surface area contributed by atoms with E-state index in [0.29, 0.717) is 25.5 Å². The summed E-state index contributed by atoms with van der Waals surface area (Å²) < 4.78 is 10.7. The Bertz CT molecular complexity index is 347. The van der Waals surface area contributed by atoms with Crippen LogP contribution in [0.4, 0.5) is 0 Å². The van der Waals surface area contributed by atoms with Crippen molar-refractivity contribution in [3.63, 3.8) is 0 Å². The molecule has 1 saturated heterocycles. The molecule has 1 aliphatic heterocycles. The molecule has 0 bridgehead atoms. The van der Waals surface area contributed by atoms with Gasteiger partial charge in [0.05, 0.1) is 12.1 Å². The first-order valence-corrected chi connectivity index (χ1v) is 5.99. The standard InChI is InChI=1S/C10H14N2O3S/c1-14-10(2-3-15-6-10)5-11-9(13)8-4-16-7-12-8/h4,7H,2-3,5-6H2,1H3,(H,11,13). The van der Waals surface area contributed by atoms with E-state index >= 15 is 0 Å². The highest BCUT2D eigenvalue weighted by atomic mass is 32.1. The number of hydrogen-bond donors (Lipinski definition) is 1. The maximum atomic E-state index is 11.7. The predicted octanol–water partition coefficient (Wildman–Crippen LogP) is 0.678. The minimum Gasteiger partial charge on any atom is -0.378 e. The summed E-state index contributed by atoms with van der Waals surface area (Å²) in [6.45, 7) is 1.67. The van der Waals surface area contributed by atoms with Crippen molar-refractivity contribution in [1.29, 1.82) is 0 Å². The molecule has 1 unspecified atom stereocenters. The molecule has 0 spiro atoms. The minimum atomic E-state index is -0.369. The van der Waals surface area contributed by atoms with Crippen molar-refractivity contribution in [3.8, 4) is 0 Å². The number of rotatable bonds is 4. The zero-order chi connectivity index (χ0) is 11.4. The fourth-order valence-electron chi connectivity index (χ4n) is 1.62. The lowest BCUT2D eigenvalue weighted by atomic mass is 10.0. The smallest absolute Gasteiger partial charge is 0.270 e. The molecule has 1 aromatic heterocycles. The molecule has 0 aromatic carbocycles. The number of carbonyl (C=O) groups is 1. The van der Waals surface area contributed by atoms with Crippen LogP contribution >= 0.6 is 11.3 Å². The van der Waals surface area contributed by atoms with Crippen LogP contribution in [0.5, 0.6) is 0 Å². The highest BCUT2D eigenvalue weighted by Crippen LogP contribution is 2.21. The second-order valence-corrected chi connectivity index (χ2v) is 4.46. The molecule has 1 fully saturated rings. The van der Waals surface area contributed by atoms with Crippen LogP contribution in [0.15, 0.2) is 10.9 Å². The van der Waals surface area contributed by atoms with Gasteiger partial charge >= 0.3 is 0 Å². The van der Waals surface area contributed by atoms with E-state index in [1.807, 2.05) is 0 Å². The first-order valence-electron chi connectivity index (χ1n) is 5.05. The van der Waals surface area contributed by atoms with Crippen LogP contribution in [-0.4, -0.2) is 43.4 Å². The summed E-state index contributed by atoms with van der Waals surface area (Å²) in [6, 6.07) is 0. The largest absolute Gasteiger partial charge is 0.378 e. The Kier molecular flexibility index (Phi) is 3.52. The van der Waals surface area contributed by atoms with Crippen LogP contribution in [0.2, 0.25) is 0 Å². The van der Waals surface area contributed by atoms with Gasteiger partial charge in [-0.05, 0) is 0 Å². The number of methoxy groups -OCH3 is 1. The van der Waals surface area contributed by atoms with E-state index in [9.17, 15) is 4.79 Å². The Labute approximate surface area is 97.8 Å². The van der Waals surface area contributed by atoms with E-state index in [2.05, 4.69) is 10.3 Å². The molecule has 0 radical (unpaired) electrons. The van der Waals surface area contributed by atoms with Crippen molar-refractivity contribution in [3.05, 3.63) is 16.6 Å². The molecule has 0 aliphatic carbocycles. The lowest BCUT2D eigenvalue weighted by Crippen LogP contribution is -2.45. The van der Waals surface area contributed by atoms with Crippen LogP contribution in [0.3, 0.4) is 0 Å². The normalized spacial score (nSPS) is 24.6. The van der Waals surface area contributed by atoms with E-state index in [0.717, 1.165) is 6.42 Å². The summed E-state index contributed by atoms with van der Waals surface area (Å²) in [7, 11) is 1.64. The van der Waals surface area contributed by atoms with Crippen molar-refractivity contribution in [2.45, 2.75) is 12.0 Å². The van der Waals surface area contributed by atoms with Crippen LogP contribution in [-0.2, 0) is 9.47 Å². The molecule has 16 heavy (non-hydrogen) atoms. The second kappa shape index (κ2) is 4.90. The third-order valence-corrected chi connectivity index (χ3v) is 3.32. The molecular weight excluding hydrogens is 228 g/mol. The van der Waals surface area contributed by atoms with Crippen molar-refractivity contribution < 1.29 is 14.3 Å². The van der Waals surface area contributed by atoms with Gasteiger partial charge in [-0.15, -0.1) is 11.3 Å². The summed E-state index contributed by atoms with van der Waals surface area (Å²) in [6.07, 6.45) is 0.806. The van der Waals surface area contributed by atoms with Crippen molar-refractivity contribution in [2.75, 3.05) is 26.9 Å². The highest BCUT2D eigenvalue weighted by molar-refractivity contribution is 7.07. The molecule has 1 amide bonds. The monoisotopic (exact) mass is 242 g/mol. The van der Waals surface area contributed by atoms with E-state index < -0.39 is 0 Å². The second-order valence-electron chi connectivity index (χ2n) is 3.75. The fraction of sp³-hybridized carbons (Fsp3) is 0.600. The quantitative estimate of drug-likeness (QED) is 0.843. The molecule has 6 heteroatoms. The molecule has 1 atom stereocenters. The first kappa shape index (κ1) is 11.5. The zero-order valence-corrected chi connectivity index (χ0v) is 9.88. The maximum absolute atomic E-state index is 11.7. The van der Waals surface area contributed by atoms with Gasteiger partial charge in [0.15, 0.2) is 0 Å². The molecule has 1 aliphatic rings. The van der Waals surface area contributed by atoms with Gasteiger partial charge in [0.25, 0.3) is 5.91 Å². The highest BCUT2D eigenvalue weighted by Gasteiger charge is 2.35. The molecule has 5 nitrogen and oxygen atoms in total. The third kappa shape index (κ3) is 2.40. The Hall–Kier alpha value is -0.980. The van der Waals surface area contributed by atoms with Gasteiger partial charge in [-0.3, -0.25) is 4.79 Å². The van der Waals surface area contributed by atoms with E-state index in [1.54, 1.807) is 18.0 Å². The van der Waals surface area contributed by atoms with Gasteiger partial charge in [-0.1, -0.05) is 0 Å². The van der Waals surface area contributed by atoms with E-state index in [4.69, 9.17) is 9.47 Å². The number of thiazole rings is 1. The molecule has 88 valence electrons. The van der Waals surface area contributed by atoms with Gasteiger partial charge in [0, 0.05) is 32.1 Å². The van der Waals surface area contributed by atoms with Gasteiger partial charge in [-0.2, -0.15) is 0 Å². The molecule has 1 aromatic rings. The van der Waals surface area contributed by atoms with Gasteiger partial charge in [0.2, 0.25) is 0 Å². The maximum Gasteiger partial charge on any atom is 0.270 e. The van der Waals surface area contributed by atoms with E-state index in [-0.39, 0.29) is 11.5 Å². The zero-order valence-electron chi connectivity index (χ0n) is 9.06. The third-order valence-electron chi connectivity index (χ3n) is 2.74. The van der Waals surface area contributed by atoms with E-state index in [1.165, 1.54) is 11.3 Å². The number of aromatic nitrogens is 1. The first-order chi connectivity index (χ1) is 7.76. The number of hydrogen-bond acceptors (Lipinski definition) is 5. The minimum absolute atomic E-state index is 0.162. The molecule has 0 saturated carbocycles. The Morgan fingerprint density at radius 3 is 3.25 bits per heavy atom. The number of nitrogens with zero attached hydrogens (tertiary/aromatic N) is 1. The summed E-state index contributed by atoms with van der Waals surface area (Å²) in [5.74, 6) is -0.162. The average Bonchev–Trinajstić information content (AvgIpc) is 2.98. The summed E-state index contributed by atoms with van der Waals surface area (Å²) >= 11 is 1.40. The molecule has 2 rings (SSSR count).